The van der Waals surface area contributed by atoms with Crippen LogP contribution in [0.4, 0.5) is 0 Å². The average Bonchev–Trinajstić information content (AvgIpc) is 2.65. The van der Waals surface area contributed by atoms with Gasteiger partial charge in [-0.1, -0.05) is 18.5 Å². The summed E-state index contributed by atoms with van der Waals surface area (Å²) in [6.07, 6.45) is 4.65. The Morgan fingerprint density at radius 2 is 2.29 bits per heavy atom. The van der Waals surface area contributed by atoms with Gasteiger partial charge in [0.15, 0.2) is 0 Å². The Labute approximate surface area is 108 Å². The molecule has 2 N–H and O–H groups in total. The number of aromatic nitrogens is 2. The van der Waals surface area contributed by atoms with Gasteiger partial charge < -0.3 is 10.4 Å². The van der Waals surface area contributed by atoms with Crippen molar-refractivity contribution in [1.82, 2.24) is 15.1 Å². The third-order valence-electron chi connectivity index (χ3n) is 3.44. The molecule has 1 aromatic heterocycles. The highest BCUT2D eigenvalue weighted by Crippen LogP contribution is 2.18. The van der Waals surface area contributed by atoms with Crippen molar-refractivity contribution < 1.29 is 5.11 Å². The molecule has 0 amide bonds. The van der Waals surface area contributed by atoms with Crippen LogP contribution in [0.3, 0.4) is 0 Å². The molecule has 0 aliphatic rings. The molecule has 1 aromatic rings. The predicted octanol–water partition coefficient (Wildman–Crippen LogP) is 1.99. The van der Waals surface area contributed by atoms with Crippen molar-refractivity contribution >= 4 is 11.6 Å². The van der Waals surface area contributed by atoms with Crippen LogP contribution in [0.5, 0.6) is 0 Å². The van der Waals surface area contributed by atoms with Gasteiger partial charge in [0.1, 0.15) is 0 Å². The fraction of sp³-hybridized carbons (Fsp3) is 0.750. The lowest BCUT2D eigenvalue weighted by molar-refractivity contribution is 0.150. The van der Waals surface area contributed by atoms with E-state index < -0.39 is 0 Å². The Morgan fingerprint density at radius 3 is 2.71 bits per heavy atom. The molecule has 98 valence electrons. The van der Waals surface area contributed by atoms with Crippen LogP contribution in [0.15, 0.2) is 6.20 Å². The van der Waals surface area contributed by atoms with Crippen LogP contribution in [0, 0.1) is 6.92 Å². The molecule has 1 unspecified atom stereocenters. The fourth-order valence-electron chi connectivity index (χ4n) is 1.94. The first-order chi connectivity index (χ1) is 8.06. The zero-order valence-electron chi connectivity index (χ0n) is 10.8. The van der Waals surface area contributed by atoms with Gasteiger partial charge in [0.05, 0.1) is 17.3 Å². The van der Waals surface area contributed by atoms with Crippen LogP contribution in [-0.4, -0.2) is 34.1 Å². The van der Waals surface area contributed by atoms with Gasteiger partial charge in [-0.3, -0.25) is 4.68 Å². The third-order valence-corrected chi connectivity index (χ3v) is 3.81. The summed E-state index contributed by atoms with van der Waals surface area (Å²) in [7, 11) is 1.90. The molecule has 0 bridgehead atoms. The van der Waals surface area contributed by atoms with Gasteiger partial charge in [-0.25, -0.2) is 0 Å². The van der Waals surface area contributed by atoms with Crippen LogP contribution in [0.25, 0.3) is 0 Å². The van der Waals surface area contributed by atoms with E-state index in [9.17, 15) is 5.11 Å². The zero-order valence-corrected chi connectivity index (χ0v) is 11.6. The van der Waals surface area contributed by atoms with Crippen molar-refractivity contribution in [2.45, 2.75) is 45.2 Å². The second kappa shape index (κ2) is 6.38. The van der Waals surface area contributed by atoms with Crippen molar-refractivity contribution in [2.75, 3.05) is 13.7 Å². The summed E-state index contributed by atoms with van der Waals surface area (Å²) >= 11 is 5.94. The molecule has 1 rings (SSSR count). The minimum absolute atomic E-state index is 0.161. The number of aliphatic hydroxyl groups is 1. The number of hydrogen-bond donors (Lipinski definition) is 2. The molecule has 4 nitrogen and oxygen atoms in total. The Balaban J connectivity index is 2.46. The Hall–Kier alpha value is -0.580. The Morgan fingerprint density at radius 1 is 1.59 bits per heavy atom. The monoisotopic (exact) mass is 259 g/mol. The number of likely N-dealkylation sites (N-methyl/N-ethyl adjacent to an activating group) is 1. The maximum atomic E-state index is 9.42. The van der Waals surface area contributed by atoms with Crippen molar-refractivity contribution in [3.63, 3.8) is 0 Å². The molecule has 0 aliphatic heterocycles. The Kier molecular flexibility index (Phi) is 5.43. The molecule has 17 heavy (non-hydrogen) atoms. The number of nitrogens with zero attached hydrogens (tertiary/aromatic N) is 2. The van der Waals surface area contributed by atoms with Crippen molar-refractivity contribution in [1.29, 1.82) is 0 Å². The first-order valence-corrected chi connectivity index (χ1v) is 6.44. The lowest BCUT2D eigenvalue weighted by Crippen LogP contribution is -2.46. The molecule has 1 atom stereocenters. The van der Waals surface area contributed by atoms with E-state index in [0.717, 1.165) is 31.5 Å². The lowest BCUT2D eigenvalue weighted by Gasteiger charge is -2.30. The third kappa shape index (κ3) is 3.69. The van der Waals surface area contributed by atoms with Crippen molar-refractivity contribution in [3.05, 3.63) is 16.9 Å². The van der Waals surface area contributed by atoms with Gasteiger partial charge in [-0.2, -0.15) is 5.10 Å². The fourth-order valence-corrected chi connectivity index (χ4v) is 2.09. The zero-order chi connectivity index (χ0) is 12.9. The molecule has 0 aromatic carbocycles. The van der Waals surface area contributed by atoms with Crippen LogP contribution in [-0.2, 0) is 6.54 Å². The molecule has 0 saturated heterocycles. The van der Waals surface area contributed by atoms with E-state index in [4.69, 9.17) is 11.6 Å². The first-order valence-electron chi connectivity index (χ1n) is 6.06. The van der Waals surface area contributed by atoms with Crippen LogP contribution in [0.1, 0.15) is 31.9 Å². The quantitative estimate of drug-likeness (QED) is 0.787. The minimum Gasteiger partial charge on any atom is -0.394 e. The number of hydrogen-bond acceptors (Lipinski definition) is 3. The maximum Gasteiger partial charge on any atom is 0.0814 e. The largest absolute Gasteiger partial charge is 0.394 e. The van der Waals surface area contributed by atoms with Crippen molar-refractivity contribution in [3.8, 4) is 0 Å². The molecule has 0 saturated carbocycles. The van der Waals surface area contributed by atoms with E-state index in [1.165, 1.54) is 0 Å². The highest BCUT2D eigenvalue weighted by molar-refractivity contribution is 6.31. The van der Waals surface area contributed by atoms with Gasteiger partial charge >= 0.3 is 0 Å². The molecular weight excluding hydrogens is 238 g/mol. The van der Waals surface area contributed by atoms with Gasteiger partial charge in [-0.15, -0.1) is 0 Å². The highest BCUT2D eigenvalue weighted by atomic mass is 35.5. The molecule has 5 heteroatoms. The van der Waals surface area contributed by atoms with Crippen molar-refractivity contribution in [2.24, 2.45) is 0 Å². The molecule has 0 radical (unpaired) electrons. The SMILES string of the molecule is CCC(CO)(CCCn1cc(Cl)c(C)n1)NC. The summed E-state index contributed by atoms with van der Waals surface area (Å²) in [4.78, 5) is 0. The van der Waals surface area contributed by atoms with E-state index in [-0.39, 0.29) is 12.1 Å². The van der Waals surface area contributed by atoms with Gasteiger partial charge in [0, 0.05) is 18.3 Å². The Bertz CT molecular complexity index is 320. The van der Waals surface area contributed by atoms with E-state index in [1.807, 2.05) is 24.9 Å². The number of aliphatic hydroxyl groups excluding tert-OH is 1. The first kappa shape index (κ1) is 14.5. The smallest absolute Gasteiger partial charge is 0.0814 e. The summed E-state index contributed by atoms with van der Waals surface area (Å²) < 4.78 is 1.87. The average molecular weight is 260 g/mol. The molecular formula is C12H22ClN3O. The second-order valence-electron chi connectivity index (χ2n) is 4.47. The van der Waals surface area contributed by atoms with Crippen LogP contribution in [0.2, 0.25) is 5.02 Å². The van der Waals surface area contributed by atoms with E-state index in [0.29, 0.717) is 5.02 Å². The minimum atomic E-state index is -0.161. The summed E-state index contributed by atoms with van der Waals surface area (Å²) in [6.45, 7) is 4.98. The summed E-state index contributed by atoms with van der Waals surface area (Å²) in [5, 5.41) is 17.6. The number of nitrogens with one attached hydrogen (secondary N) is 1. The normalized spacial score (nSPS) is 14.9. The van der Waals surface area contributed by atoms with E-state index in [2.05, 4.69) is 17.3 Å². The molecule has 0 fully saturated rings. The van der Waals surface area contributed by atoms with E-state index >= 15 is 0 Å². The summed E-state index contributed by atoms with van der Waals surface area (Å²) in [5.74, 6) is 0. The second-order valence-corrected chi connectivity index (χ2v) is 4.88. The maximum absolute atomic E-state index is 9.42. The van der Waals surface area contributed by atoms with Gasteiger partial charge in [0.25, 0.3) is 0 Å². The van der Waals surface area contributed by atoms with Crippen LogP contribution < -0.4 is 5.32 Å². The van der Waals surface area contributed by atoms with E-state index in [1.54, 1.807) is 0 Å². The molecule has 1 heterocycles. The number of aryl methyl sites for hydroxylation is 2. The summed E-state index contributed by atoms with van der Waals surface area (Å²) in [5.41, 5.74) is 0.704. The lowest BCUT2D eigenvalue weighted by atomic mass is 9.91. The van der Waals surface area contributed by atoms with Gasteiger partial charge in [-0.05, 0) is 33.2 Å². The highest BCUT2D eigenvalue weighted by Gasteiger charge is 2.24. The predicted molar refractivity (Wildman–Crippen MR) is 70.4 cm³/mol. The number of rotatable bonds is 7. The van der Waals surface area contributed by atoms with Crippen LogP contribution >= 0.6 is 11.6 Å². The topological polar surface area (TPSA) is 50.1 Å². The molecule has 0 aliphatic carbocycles. The van der Waals surface area contributed by atoms with Gasteiger partial charge in [0.2, 0.25) is 0 Å². The molecule has 0 spiro atoms. The standard InChI is InChI=1S/C12H22ClN3O/c1-4-12(9-17,14-3)6-5-7-16-8-11(13)10(2)15-16/h8,14,17H,4-7,9H2,1-3H3. The summed E-state index contributed by atoms with van der Waals surface area (Å²) in [6, 6.07) is 0. The number of halogens is 1.